The summed E-state index contributed by atoms with van der Waals surface area (Å²) in [6.45, 7) is 2.82. The molecule has 2 rings (SSSR count). The zero-order valence-electron chi connectivity index (χ0n) is 9.24. The molecule has 0 aromatic heterocycles. The van der Waals surface area contributed by atoms with Gasteiger partial charge in [0.25, 0.3) is 0 Å². The van der Waals surface area contributed by atoms with Crippen molar-refractivity contribution in [2.24, 2.45) is 0 Å². The molecule has 1 aliphatic heterocycles. The highest BCUT2D eigenvalue weighted by Crippen LogP contribution is 2.25. The molecule has 1 heterocycles. The van der Waals surface area contributed by atoms with Crippen LogP contribution in [0.15, 0.2) is 12.1 Å². The van der Waals surface area contributed by atoms with Gasteiger partial charge < -0.3 is 21.1 Å². The SMILES string of the molecule is Nc1cc(F)c(N2CCNCC2)cc1C(=O)O. The number of halogens is 1. The lowest BCUT2D eigenvalue weighted by atomic mass is 10.1. The van der Waals surface area contributed by atoms with E-state index in [0.717, 1.165) is 19.2 Å². The molecule has 0 unspecified atom stereocenters. The van der Waals surface area contributed by atoms with Crippen LogP contribution in [0.1, 0.15) is 10.4 Å². The van der Waals surface area contributed by atoms with Gasteiger partial charge in [-0.05, 0) is 12.1 Å². The van der Waals surface area contributed by atoms with Crippen LogP contribution in [0.5, 0.6) is 0 Å². The average Bonchev–Trinajstić information content (AvgIpc) is 2.29. The topological polar surface area (TPSA) is 78.6 Å². The Labute approximate surface area is 98.0 Å². The van der Waals surface area contributed by atoms with Crippen LogP contribution in [-0.2, 0) is 0 Å². The smallest absolute Gasteiger partial charge is 0.337 e. The standard InChI is InChI=1S/C11H14FN3O2/c12-8-6-9(13)7(11(16)17)5-10(8)15-3-1-14-2-4-15/h5-6,14H,1-4,13H2,(H,16,17). The Hall–Kier alpha value is -1.82. The summed E-state index contributed by atoms with van der Waals surface area (Å²) in [7, 11) is 0. The van der Waals surface area contributed by atoms with Gasteiger partial charge in [-0.25, -0.2) is 9.18 Å². The monoisotopic (exact) mass is 239 g/mol. The molecule has 6 heteroatoms. The number of carbonyl (C=O) groups is 1. The molecule has 1 fully saturated rings. The number of anilines is 2. The highest BCUT2D eigenvalue weighted by molar-refractivity contribution is 5.95. The van der Waals surface area contributed by atoms with Gasteiger partial charge in [0.05, 0.1) is 11.3 Å². The molecular formula is C11H14FN3O2. The quantitative estimate of drug-likeness (QED) is 0.656. The van der Waals surface area contributed by atoms with E-state index in [-0.39, 0.29) is 11.3 Å². The predicted octanol–water partition coefficient (Wildman–Crippen LogP) is 0.516. The Balaban J connectivity index is 2.38. The van der Waals surface area contributed by atoms with E-state index in [2.05, 4.69) is 5.32 Å². The predicted molar refractivity (Wildman–Crippen MR) is 62.9 cm³/mol. The second-order valence-electron chi connectivity index (χ2n) is 3.93. The van der Waals surface area contributed by atoms with Gasteiger partial charge in [0.1, 0.15) is 5.82 Å². The molecule has 1 aromatic rings. The van der Waals surface area contributed by atoms with E-state index in [9.17, 15) is 9.18 Å². The third-order valence-corrected chi connectivity index (χ3v) is 2.81. The molecule has 1 saturated heterocycles. The summed E-state index contributed by atoms with van der Waals surface area (Å²) in [5.41, 5.74) is 5.67. The minimum Gasteiger partial charge on any atom is -0.478 e. The van der Waals surface area contributed by atoms with Crippen molar-refractivity contribution in [2.75, 3.05) is 36.8 Å². The lowest BCUT2D eigenvalue weighted by Gasteiger charge is -2.30. The van der Waals surface area contributed by atoms with Crippen LogP contribution in [-0.4, -0.2) is 37.3 Å². The number of hydrogen-bond acceptors (Lipinski definition) is 4. The van der Waals surface area contributed by atoms with E-state index in [1.807, 2.05) is 4.90 Å². The van der Waals surface area contributed by atoms with Crippen molar-refractivity contribution in [3.63, 3.8) is 0 Å². The summed E-state index contributed by atoms with van der Waals surface area (Å²) in [6, 6.07) is 2.37. The fraction of sp³-hybridized carbons (Fsp3) is 0.364. The Morgan fingerprint density at radius 3 is 2.65 bits per heavy atom. The average molecular weight is 239 g/mol. The first kappa shape index (κ1) is 11.7. The number of carboxylic acids is 1. The maximum Gasteiger partial charge on any atom is 0.337 e. The van der Waals surface area contributed by atoms with E-state index in [4.69, 9.17) is 10.8 Å². The van der Waals surface area contributed by atoms with Gasteiger partial charge in [0.2, 0.25) is 0 Å². The minimum atomic E-state index is -1.14. The number of rotatable bonds is 2. The maximum absolute atomic E-state index is 13.7. The van der Waals surface area contributed by atoms with E-state index >= 15 is 0 Å². The molecule has 0 amide bonds. The number of aromatic carboxylic acids is 1. The molecule has 0 saturated carbocycles. The summed E-state index contributed by atoms with van der Waals surface area (Å²) in [5, 5.41) is 12.1. The third kappa shape index (κ3) is 2.31. The first-order valence-electron chi connectivity index (χ1n) is 5.37. The molecule has 0 aliphatic carbocycles. The van der Waals surface area contributed by atoms with E-state index < -0.39 is 11.8 Å². The molecule has 92 valence electrons. The summed E-state index contributed by atoms with van der Waals surface area (Å²) in [4.78, 5) is 12.8. The fourth-order valence-corrected chi connectivity index (χ4v) is 1.91. The lowest BCUT2D eigenvalue weighted by molar-refractivity contribution is 0.0698. The number of carboxylic acid groups (broad SMARTS) is 1. The lowest BCUT2D eigenvalue weighted by Crippen LogP contribution is -2.44. The molecular weight excluding hydrogens is 225 g/mol. The molecule has 1 aliphatic rings. The largest absolute Gasteiger partial charge is 0.478 e. The van der Waals surface area contributed by atoms with Crippen LogP contribution in [0.3, 0.4) is 0 Å². The Morgan fingerprint density at radius 2 is 2.06 bits per heavy atom. The molecule has 0 bridgehead atoms. The summed E-state index contributed by atoms with van der Waals surface area (Å²) in [6.07, 6.45) is 0. The number of piperazine rings is 1. The van der Waals surface area contributed by atoms with Crippen molar-refractivity contribution in [3.05, 3.63) is 23.5 Å². The molecule has 5 nitrogen and oxygen atoms in total. The van der Waals surface area contributed by atoms with Crippen LogP contribution in [0.25, 0.3) is 0 Å². The van der Waals surface area contributed by atoms with Crippen LogP contribution < -0.4 is 16.0 Å². The van der Waals surface area contributed by atoms with Gasteiger partial charge in [0.15, 0.2) is 0 Å². The summed E-state index contributed by atoms with van der Waals surface area (Å²) in [5.74, 6) is -1.62. The van der Waals surface area contributed by atoms with Crippen LogP contribution in [0, 0.1) is 5.82 Å². The van der Waals surface area contributed by atoms with Crippen LogP contribution in [0.4, 0.5) is 15.8 Å². The number of nitrogens with one attached hydrogen (secondary N) is 1. The Morgan fingerprint density at radius 1 is 1.41 bits per heavy atom. The van der Waals surface area contributed by atoms with Crippen molar-refractivity contribution in [1.29, 1.82) is 0 Å². The normalized spacial score (nSPS) is 15.9. The number of hydrogen-bond donors (Lipinski definition) is 3. The molecule has 0 atom stereocenters. The van der Waals surface area contributed by atoms with Crippen molar-refractivity contribution < 1.29 is 14.3 Å². The van der Waals surface area contributed by atoms with Gasteiger partial charge in [-0.2, -0.15) is 0 Å². The number of nitrogens with two attached hydrogens (primary N) is 1. The highest BCUT2D eigenvalue weighted by atomic mass is 19.1. The van der Waals surface area contributed by atoms with Gasteiger partial charge in [-0.3, -0.25) is 0 Å². The number of benzene rings is 1. The number of nitrogens with zero attached hydrogens (tertiary/aromatic N) is 1. The maximum atomic E-state index is 13.7. The first-order chi connectivity index (χ1) is 8.09. The second-order valence-corrected chi connectivity index (χ2v) is 3.93. The zero-order chi connectivity index (χ0) is 12.4. The van der Waals surface area contributed by atoms with Crippen LogP contribution >= 0.6 is 0 Å². The van der Waals surface area contributed by atoms with Crippen molar-refractivity contribution in [1.82, 2.24) is 5.32 Å². The number of nitrogen functional groups attached to an aromatic ring is 1. The van der Waals surface area contributed by atoms with Gasteiger partial charge in [0, 0.05) is 31.9 Å². The molecule has 17 heavy (non-hydrogen) atoms. The first-order valence-corrected chi connectivity index (χ1v) is 5.37. The minimum absolute atomic E-state index is 0.0473. The van der Waals surface area contributed by atoms with E-state index in [1.54, 1.807) is 0 Å². The van der Waals surface area contributed by atoms with Crippen LogP contribution in [0.2, 0.25) is 0 Å². The molecule has 0 spiro atoms. The van der Waals surface area contributed by atoms with E-state index in [1.165, 1.54) is 6.07 Å². The van der Waals surface area contributed by atoms with Gasteiger partial charge >= 0.3 is 5.97 Å². The van der Waals surface area contributed by atoms with Crippen molar-refractivity contribution in [3.8, 4) is 0 Å². The Kier molecular flexibility index (Phi) is 3.14. The summed E-state index contributed by atoms with van der Waals surface area (Å²) >= 11 is 0. The van der Waals surface area contributed by atoms with Crippen molar-refractivity contribution in [2.45, 2.75) is 0 Å². The molecule has 1 aromatic carbocycles. The summed E-state index contributed by atoms with van der Waals surface area (Å²) < 4.78 is 13.7. The van der Waals surface area contributed by atoms with Crippen molar-refractivity contribution >= 4 is 17.3 Å². The van der Waals surface area contributed by atoms with E-state index in [0.29, 0.717) is 18.8 Å². The fourth-order valence-electron chi connectivity index (χ4n) is 1.91. The zero-order valence-corrected chi connectivity index (χ0v) is 9.24. The third-order valence-electron chi connectivity index (χ3n) is 2.81. The van der Waals surface area contributed by atoms with Gasteiger partial charge in [-0.1, -0.05) is 0 Å². The molecule has 4 N–H and O–H groups in total. The van der Waals surface area contributed by atoms with Gasteiger partial charge in [-0.15, -0.1) is 0 Å². The molecule has 0 radical (unpaired) electrons. The second kappa shape index (κ2) is 4.58. The Bertz CT molecular complexity index is 445. The highest BCUT2D eigenvalue weighted by Gasteiger charge is 2.18.